The Morgan fingerprint density at radius 2 is 2.00 bits per heavy atom. The number of hydrogen-bond donors (Lipinski definition) is 1. The number of benzene rings is 1. The maximum absolute atomic E-state index is 13.1. The third-order valence-electron chi connectivity index (χ3n) is 2.57. The minimum absolute atomic E-state index is 0.128. The van der Waals surface area contributed by atoms with Crippen LogP contribution in [0.15, 0.2) is 48.8 Å². The van der Waals surface area contributed by atoms with Gasteiger partial charge in [0, 0.05) is 12.4 Å². The molecule has 1 N–H and O–H groups in total. The molecule has 3 heteroatoms. The van der Waals surface area contributed by atoms with Gasteiger partial charge in [0.2, 0.25) is 0 Å². The van der Waals surface area contributed by atoms with Crippen LogP contribution in [-0.2, 0) is 0 Å². The molecule has 16 heavy (non-hydrogen) atoms. The molecule has 1 atom stereocenters. The molecule has 0 amide bonds. The van der Waals surface area contributed by atoms with Gasteiger partial charge in [0.15, 0.2) is 0 Å². The first-order valence-electron chi connectivity index (χ1n) is 5.44. The van der Waals surface area contributed by atoms with Crippen LogP contribution >= 0.6 is 0 Å². The summed E-state index contributed by atoms with van der Waals surface area (Å²) in [4.78, 5) is 0. The molecule has 1 unspecified atom stereocenters. The van der Waals surface area contributed by atoms with Crippen molar-refractivity contribution < 1.29 is 4.39 Å². The summed E-state index contributed by atoms with van der Waals surface area (Å²) in [7, 11) is 0. The summed E-state index contributed by atoms with van der Waals surface area (Å²) in [5.41, 5.74) is 4.27. The largest absolute Gasteiger partial charge is 0.319 e. The maximum atomic E-state index is 13.1. The van der Waals surface area contributed by atoms with Crippen molar-refractivity contribution in [2.75, 3.05) is 5.43 Å². The molecule has 0 bridgehead atoms. The molecule has 0 fully saturated rings. The Morgan fingerprint density at radius 3 is 2.62 bits per heavy atom. The van der Waals surface area contributed by atoms with E-state index in [0.717, 1.165) is 12.0 Å². The van der Waals surface area contributed by atoms with E-state index in [0.29, 0.717) is 0 Å². The molecule has 0 aliphatic heterocycles. The third kappa shape index (κ3) is 2.42. The van der Waals surface area contributed by atoms with E-state index < -0.39 is 0 Å². The summed E-state index contributed by atoms with van der Waals surface area (Å²) >= 11 is 0. The molecule has 2 rings (SSSR count). The topological polar surface area (TPSA) is 17.0 Å². The minimum atomic E-state index is -0.190. The van der Waals surface area contributed by atoms with Gasteiger partial charge in [-0.15, -0.1) is 0 Å². The molecule has 1 heterocycles. The van der Waals surface area contributed by atoms with E-state index in [1.807, 2.05) is 35.3 Å². The zero-order chi connectivity index (χ0) is 11.4. The van der Waals surface area contributed by atoms with Crippen molar-refractivity contribution in [3.63, 3.8) is 0 Å². The summed E-state index contributed by atoms with van der Waals surface area (Å²) in [5, 5.41) is 0. The Balaban J connectivity index is 2.16. The summed E-state index contributed by atoms with van der Waals surface area (Å²) in [5.74, 6) is -0.190. The molecule has 0 spiro atoms. The van der Waals surface area contributed by atoms with Crippen molar-refractivity contribution in [1.29, 1.82) is 0 Å². The average Bonchev–Trinajstić information content (AvgIpc) is 2.78. The molecule has 2 aromatic rings. The molecule has 0 radical (unpaired) electrons. The Morgan fingerprint density at radius 1 is 1.25 bits per heavy atom. The van der Waals surface area contributed by atoms with Gasteiger partial charge in [-0.05, 0) is 36.2 Å². The number of nitrogens with zero attached hydrogens (tertiary/aromatic N) is 1. The Kier molecular flexibility index (Phi) is 3.25. The van der Waals surface area contributed by atoms with E-state index in [2.05, 4.69) is 12.3 Å². The number of nitrogens with one attached hydrogen (secondary N) is 1. The fourth-order valence-electron chi connectivity index (χ4n) is 1.73. The Labute approximate surface area is 94.7 Å². The summed E-state index contributed by atoms with van der Waals surface area (Å²) in [6.07, 6.45) is 4.77. The van der Waals surface area contributed by atoms with Gasteiger partial charge in [-0.25, -0.2) is 4.39 Å². The highest BCUT2D eigenvalue weighted by Gasteiger charge is 2.08. The molecule has 0 aliphatic carbocycles. The van der Waals surface area contributed by atoms with E-state index in [1.54, 1.807) is 12.1 Å². The minimum Gasteiger partial charge on any atom is -0.319 e. The molecule has 84 valence electrons. The lowest BCUT2D eigenvalue weighted by Gasteiger charge is -2.19. The first kappa shape index (κ1) is 10.7. The number of hydrogen-bond acceptors (Lipinski definition) is 1. The molecular formula is C13H15FN2. The summed E-state index contributed by atoms with van der Waals surface area (Å²) in [6, 6.07) is 10.7. The average molecular weight is 218 g/mol. The summed E-state index contributed by atoms with van der Waals surface area (Å²) in [6.45, 7) is 2.08. The predicted molar refractivity (Wildman–Crippen MR) is 63.2 cm³/mol. The molecule has 1 aromatic carbocycles. The third-order valence-corrected chi connectivity index (χ3v) is 2.57. The van der Waals surface area contributed by atoms with Crippen molar-refractivity contribution in [3.8, 4) is 0 Å². The lowest BCUT2D eigenvalue weighted by Crippen LogP contribution is -2.19. The standard InChI is InChI=1S/C13H15FN2/c1-2-13(15-16-8-3-4-9-16)11-6-5-7-12(14)10-11/h3-10,13,15H,2H2,1H3. The summed E-state index contributed by atoms with van der Waals surface area (Å²) < 4.78 is 15.0. The molecule has 0 saturated heterocycles. The van der Waals surface area contributed by atoms with Gasteiger partial charge >= 0.3 is 0 Å². The zero-order valence-electron chi connectivity index (χ0n) is 9.23. The van der Waals surface area contributed by atoms with Crippen molar-refractivity contribution in [3.05, 3.63) is 60.2 Å². The lowest BCUT2D eigenvalue weighted by molar-refractivity contribution is 0.611. The first-order valence-corrected chi connectivity index (χ1v) is 5.44. The monoisotopic (exact) mass is 218 g/mol. The molecule has 1 aromatic heterocycles. The fraction of sp³-hybridized carbons (Fsp3) is 0.231. The Bertz CT molecular complexity index is 437. The van der Waals surface area contributed by atoms with Gasteiger partial charge in [0.25, 0.3) is 0 Å². The van der Waals surface area contributed by atoms with E-state index in [-0.39, 0.29) is 11.9 Å². The highest BCUT2D eigenvalue weighted by Crippen LogP contribution is 2.18. The number of rotatable bonds is 4. The van der Waals surface area contributed by atoms with Gasteiger partial charge in [-0.2, -0.15) is 0 Å². The Hall–Kier alpha value is -1.77. The molecule has 2 nitrogen and oxygen atoms in total. The van der Waals surface area contributed by atoms with E-state index >= 15 is 0 Å². The van der Waals surface area contributed by atoms with Crippen molar-refractivity contribution >= 4 is 0 Å². The zero-order valence-corrected chi connectivity index (χ0v) is 9.23. The second-order valence-corrected chi connectivity index (χ2v) is 3.74. The van der Waals surface area contributed by atoms with Crippen LogP contribution in [0.25, 0.3) is 0 Å². The van der Waals surface area contributed by atoms with Crippen LogP contribution in [0.1, 0.15) is 24.9 Å². The lowest BCUT2D eigenvalue weighted by atomic mass is 10.1. The van der Waals surface area contributed by atoms with Gasteiger partial charge in [0.05, 0.1) is 6.04 Å². The van der Waals surface area contributed by atoms with Gasteiger partial charge in [0.1, 0.15) is 5.82 Å². The van der Waals surface area contributed by atoms with Crippen LogP contribution in [0.2, 0.25) is 0 Å². The SMILES string of the molecule is CCC(Nn1cccc1)c1cccc(F)c1. The van der Waals surface area contributed by atoms with Crippen LogP contribution in [0.5, 0.6) is 0 Å². The smallest absolute Gasteiger partial charge is 0.123 e. The second kappa shape index (κ2) is 4.84. The van der Waals surface area contributed by atoms with Crippen LogP contribution in [-0.4, -0.2) is 4.68 Å². The van der Waals surface area contributed by atoms with Crippen LogP contribution < -0.4 is 5.43 Å². The second-order valence-electron chi connectivity index (χ2n) is 3.74. The van der Waals surface area contributed by atoms with Gasteiger partial charge in [-0.1, -0.05) is 19.1 Å². The highest BCUT2D eigenvalue weighted by atomic mass is 19.1. The van der Waals surface area contributed by atoms with E-state index in [1.165, 1.54) is 6.07 Å². The number of halogens is 1. The first-order chi connectivity index (χ1) is 7.79. The predicted octanol–water partition coefficient (Wildman–Crippen LogP) is 3.32. The van der Waals surface area contributed by atoms with E-state index in [4.69, 9.17) is 0 Å². The molecular weight excluding hydrogens is 203 g/mol. The van der Waals surface area contributed by atoms with Gasteiger partial charge in [-0.3, -0.25) is 4.68 Å². The van der Waals surface area contributed by atoms with Crippen LogP contribution in [0, 0.1) is 5.82 Å². The normalized spacial score (nSPS) is 12.4. The van der Waals surface area contributed by atoms with Crippen molar-refractivity contribution in [2.45, 2.75) is 19.4 Å². The maximum Gasteiger partial charge on any atom is 0.123 e. The molecule has 0 aliphatic rings. The number of aromatic nitrogens is 1. The quantitative estimate of drug-likeness (QED) is 0.833. The van der Waals surface area contributed by atoms with Crippen LogP contribution in [0.3, 0.4) is 0 Å². The van der Waals surface area contributed by atoms with Crippen molar-refractivity contribution in [1.82, 2.24) is 4.68 Å². The fourth-order valence-corrected chi connectivity index (χ4v) is 1.73. The molecule has 0 saturated carbocycles. The van der Waals surface area contributed by atoms with Crippen molar-refractivity contribution in [2.24, 2.45) is 0 Å². The van der Waals surface area contributed by atoms with Crippen LogP contribution in [0.4, 0.5) is 4.39 Å². The van der Waals surface area contributed by atoms with E-state index in [9.17, 15) is 4.39 Å². The van der Waals surface area contributed by atoms with Gasteiger partial charge < -0.3 is 5.43 Å². The highest BCUT2D eigenvalue weighted by molar-refractivity contribution is 5.22.